The van der Waals surface area contributed by atoms with Gasteiger partial charge in [0.2, 0.25) is 0 Å². The fraction of sp³-hybridized carbons (Fsp3) is 0.833. The SMILES string of the molecule is N#CC(N)CCCCO.N[C@H](CCCCO)C(=O)O. The summed E-state index contributed by atoms with van der Waals surface area (Å²) in [5.74, 6) is -0.974. The maximum Gasteiger partial charge on any atom is 0.320 e. The monoisotopic (exact) mass is 275 g/mol. The summed E-state index contributed by atoms with van der Waals surface area (Å²) < 4.78 is 0. The fourth-order valence-electron chi connectivity index (χ4n) is 1.14. The number of carboxylic acid groups (broad SMARTS) is 1. The average molecular weight is 275 g/mol. The Labute approximate surface area is 113 Å². The quantitative estimate of drug-likeness (QED) is 0.357. The lowest BCUT2D eigenvalue weighted by Gasteiger charge is -2.03. The highest BCUT2D eigenvalue weighted by atomic mass is 16.4. The summed E-state index contributed by atoms with van der Waals surface area (Å²) >= 11 is 0. The lowest BCUT2D eigenvalue weighted by molar-refractivity contribution is -0.138. The van der Waals surface area contributed by atoms with Gasteiger partial charge in [-0.25, -0.2) is 0 Å². The number of nitrogens with zero attached hydrogens (tertiary/aromatic N) is 1. The van der Waals surface area contributed by atoms with Crippen LogP contribution in [0.3, 0.4) is 0 Å². The van der Waals surface area contributed by atoms with Crippen molar-refractivity contribution in [1.29, 1.82) is 5.26 Å². The lowest BCUT2D eigenvalue weighted by atomic mass is 10.1. The number of carbonyl (C=O) groups is 1. The van der Waals surface area contributed by atoms with Crippen LogP contribution in [0.15, 0.2) is 0 Å². The standard InChI is InChI=1S/C6H12N2O.C6H13NO3/c7-5-6(8)3-1-2-4-9;7-5(6(9)10)3-1-2-4-8/h6,9H,1-4,8H2;5,8H,1-4,7H2,(H,9,10)/t;5-/m.1/s1. The first kappa shape index (κ1) is 20.1. The van der Waals surface area contributed by atoms with Crippen LogP contribution in [0.2, 0.25) is 0 Å². The Morgan fingerprint density at radius 2 is 1.53 bits per heavy atom. The van der Waals surface area contributed by atoms with E-state index in [0.717, 1.165) is 12.8 Å². The number of rotatable bonds is 9. The molecular weight excluding hydrogens is 250 g/mol. The van der Waals surface area contributed by atoms with Crippen LogP contribution in [0.5, 0.6) is 0 Å². The van der Waals surface area contributed by atoms with Crippen molar-refractivity contribution < 1.29 is 20.1 Å². The summed E-state index contributed by atoms with van der Waals surface area (Å²) in [5, 5.41) is 33.1. The van der Waals surface area contributed by atoms with Crippen LogP contribution in [0.4, 0.5) is 0 Å². The number of hydrogen-bond acceptors (Lipinski definition) is 6. The Bertz CT molecular complexity index is 256. The third-order valence-electron chi connectivity index (χ3n) is 2.33. The van der Waals surface area contributed by atoms with Gasteiger partial charge in [-0.2, -0.15) is 5.26 Å². The molecule has 19 heavy (non-hydrogen) atoms. The van der Waals surface area contributed by atoms with Crippen molar-refractivity contribution in [1.82, 2.24) is 0 Å². The number of unbranched alkanes of at least 4 members (excludes halogenated alkanes) is 2. The van der Waals surface area contributed by atoms with Crippen molar-refractivity contribution in [2.24, 2.45) is 11.5 Å². The Morgan fingerprint density at radius 1 is 1.05 bits per heavy atom. The number of nitriles is 1. The number of aliphatic hydroxyl groups excluding tert-OH is 2. The van der Waals surface area contributed by atoms with Gasteiger partial charge in [0, 0.05) is 13.2 Å². The number of aliphatic carboxylic acids is 1. The van der Waals surface area contributed by atoms with E-state index in [2.05, 4.69) is 0 Å². The zero-order chi connectivity index (χ0) is 15.1. The van der Waals surface area contributed by atoms with Crippen molar-refractivity contribution in [2.75, 3.05) is 13.2 Å². The summed E-state index contributed by atoms with van der Waals surface area (Å²) in [6, 6.07) is 0.798. The minimum atomic E-state index is -0.974. The normalized spacial score (nSPS) is 12.8. The van der Waals surface area contributed by atoms with Crippen LogP contribution >= 0.6 is 0 Å². The van der Waals surface area contributed by atoms with E-state index in [4.69, 9.17) is 32.0 Å². The summed E-state index contributed by atoms with van der Waals surface area (Å²) in [7, 11) is 0. The molecule has 0 amide bonds. The zero-order valence-corrected chi connectivity index (χ0v) is 11.2. The largest absolute Gasteiger partial charge is 0.480 e. The van der Waals surface area contributed by atoms with Crippen LogP contribution in [-0.2, 0) is 4.79 Å². The molecule has 0 aliphatic rings. The summed E-state index contributed by atoms with van der Waals surface area (Å²) in [6.45, 7) is 0.296. The molecule has 0 aliphatic heterocycles. The summed E-state index contributed by atoms with van der Waals surface area (Å²) in [6.07, 6.45) is 4.01. The predicted octanol–water partition coefficient (Wildman–Crippen LogP) is -0.439. The maximum absolute atomic E-state index is 10.1. The molecule has 0 aliphatic carbocycles. The molecule has 0 spiro atoms. The second-order valence-corrected chi connectivity index (χ2v) is 4.12. The lowest BCUT2D eigenvalue weighted by Crippen LogP contribution is -2.29. The van der Waals surface area contributed by atoms with Crippen LogP contribution in [-0.4, -0.2) is 46.6 Å². The van der Waals surface area contributed by atoms with Gasteiger partial charge >= 0.3 is 5.97 Å². The van der Waals surface area contributed by atoms with E-state index >= 15 is 0 Å². The first-order chi connectivity index (χ1) is 8.99. The smallest absolute Gasteiger partial charge is 0.320 e. The predicted molar refractivity (Wildman–Crippen MR) is 71.1 cm³/mol. The van der Waals surface area contributed by atoms with Crippen LogP contribution < -0.4 is 11.5 Å². The minimum Gasteiger partial charge on any atom is -0.480 e. The van der Waals surface area contributed by atoms with Gasteiger partial charge in [0.1, 0.15) is 6.04 Å². The van der Waals surface area contributed by atoms with Crippen molar-refractivity contribution in [2.45, 2.75) is 50.6 Å². The van der Waals surface area contributed by atoms with Crippen LogP contribution in [0.25, 0.3) is 0 Å². The molecule has 0 heterocycles. The van der Waals surface area contributed by atoms with E-state index in [0.29, 0.717) is 25.7 Å². The number of carboxylic acids is 1. The van der Waals surface area contributed by atoms with Crippen molar-refractivity contribution >= 4 is 5.97 Å². The van der Waals surface area contributed by atoms with E-state index in [9.17, 15) is 4.79 Å². The molecule has 0 aromatic rings. The van der Waals surface area contributed by atoms with Gasteiger partial charge in [-0.3, -0.25) is 4.79 Å². The number of nitrogens with two attached hydrogens (primary N) is 2. The van der Waals surface area contributed by atoms with Crippen molar-refractivity contribution in [3.63, 3.8) is 0 Å². The molecule has 0 aromatic carbocycles. The van der Waals surface area contributed by atoms with Gasteiger partial charge in [0.15, 0.2) is 0 Å². The third-order valence-corrected chi connectivity index (χ3v) is 2.33. The Morgan fingerprint density at radius 3 is 1.89 bits per heavy atom. The van der Waals surface area contributed by atoms with Gasteiger partial charge < -0.3 is 26.8 Å². The Balaban J connectivity index is 0. The van der Waals surface area contributed by atoms with E-state index in [-0.39, 0.29) is 19.3 Å². The molecule has 1 unspecified atom stereocenters. The number of aliphatic hydroxyl groups is 2. The molecule has 0 saturated heterocycles. The first-order valence-electron chi connectivity index (χ1n) is 6.34. The van der Waals surface area contributed by atoms with Gasteiger partial charge in [-0.15, -0.1) is 0 Å². The number of hydrogen-bond donors (Lipinski definition) is 5. The first-order valence-corrected chi connectivity index (χ1v) is 6.34. The fourth-order valence-corrected chi connectivity index (χ4v) is 1.14. The molecular formula is C12H25N3O4. The van der Waals surface area contributed by atoms with Gasteiger partial charge in [0.25, 0.3) is 0 Å². The van der Waals surface area contributed by atoms with E-state index in [1.807, 2.05) is 6.07 Å². The maximum atomic E-state index is 10.1. The topological polar surface area (TPSA) is 154 Å². The highest BCUT2D eigenvalue weighted by Gasteiger charge is 2.09. The van der Waals surface area contributed by atoms with Crippen molar-refractivity contribution in [3.05, 3.63) is 0 Å². The molecule has 112 valence electrons. The molecule has 7 nitrogen and oxygen atoms in total. The van der Waals surface area contributed by atoms with Gasteiger partial charge in [0.05, 0.1) is 12.1 Å². The molecule has 0 saturated carbocycles. The molecule has 0 bridgehead atoms. The Kier molecular flexibility index (Phi) is 15.7. The summed E-state index contributed by atoms with van der Waals surface area (Å²) in [5.41, 5.74) is 10.4. The average Bonchev–Trinajstić information content (AvgIpc) is 2.39. The highest BCUT2D eigenvalue weighted by Crippen LogP contribution is 1.97. The molecule has 0 aromatic heterocycles. The minimum absolute atomic E-state index is 0.104. The van der Waals surface area contributed by atoms with Crippen LogP contribution in [0, 0.1) is 11.3 Å². The second kappa shape index (κ2) is 14.9. The molecule has 2 atom stereocenters. The molecule has 0 rings (SSSR count). The molecule has 7 N–H and O–H groups in total. The zero-order valence-electron chi connectivity index (χ0n) is 11.2. The van der Waals surface area contributed by atoms with E-state index < -0.39 is 12.0 Å². The van der Waals surface area contributed by atoms with Gasteiger partial charge in [-0.1, -0.05) is 0 Å². The second-order valence-electron chi connectivity index (χ2n) is 4.12. The Hall–Kier alpha value is -1.20. The van der Waals surface area contributed by atoms with E-state index in [1.165, 1.54) is 0 Å². The molecule has 7 heteroatoms. The highest BCUT2D eigenvalue weighted by molar-refractivity contribution is 5.72. The van der Waals surface area contributed by atoms with Crippen molar-refractivity contribution in [3.8, 4) is 6.07 Å². The third kappa shape index (κ3) is 16.8. The molecule has 0 fully saturated rings. The van der Waals surface area contributed by atoms with Gasteiger partial charge in [-0.05, 0) is 38.5 Å². The molecule has 0 radical (unpaired) electrons. The summed E-state index contributed by atoms with van der Waals surface area (Å²) in [4.78, 5) is 10.1. The van der Waals surface area contributed by atoms with E-state index in [1.54, 1.807) is 0 Å². The van der Waals surface area contributed by atoms with Crippen LogP contribution in [0.1, 0.15) is 38.5 Å².